The van der Waals surface area contributed by atoms with Crippen LogP contribution in [0.5, 0.6) is 0 Å². The molecule has 0 saturated carbocycles. The van der Waals surface area contributed by atoms with Crippen molar-refractivity contribution in [2.75, 3.05) is 34.2 Å². The molecule has 22 heavy (non-hydrogen) atoms. The lowest BCUT2D eigenvalue weighted by Crippen LogP contribution is -2.41. The minimum atomic E-state index is 0.226. The summed E-state index contributed by atoms with van der Waals surface area (Å²) in [5.41, 5.74) is 0. The third kappa shape index (κ3) is 17.5. The summed E-state index contributed by atoms with van der Waals surface area (Å²) in [5, 5.41) is 3.02. The number of quaternary nitrogens is 1. The lowest BCUT2D eigenvalue weighted by Gasteiger charge is -2.23. The normalized spacial score (nSPS) is 11.6. The first-order valence-corrected chi connectivity index (χ1v) is 9.53. The molecule has 0 aliphatic heterocycles. The third-order valence-corrected chi connectivity index (χ3v) is 4.11. The lowest BCUT2D eigenvalue weighted by molar-refractivity contribution is -0.869. The van der Waals surface area contributed by atoms with Crippen molar-refractivity contribution in [3.8, 4) is 0 Å². The zero-order chi connectivity index (χ0) is 16.7. The highest BCUT2D eigenvalue weighted by molar-refractivity contribution is 5.75. The number of likely N-dealkylation sites (N-methyl/N-ethyl adjacent to an activating group) is 1. The molecule has 0 aliphatic rings. The van der Waals surface area contributed by atoms with Gasteiger partial charge in [-0.25, -0.2) is 0 Å². The van der Waals surface area contributed by atoms with Crippen LogP contribution in [0.25, 0.3) is 0 Å². The van der Waals surface area contributed by atoms with Crippen molar-refractivity contribution in [1.29, 1.82) is 0 Å². The SMILES string of the molecule is CCCCCCCCCCCCCC(=O)NCC[N+](C)(C)C. The van der Waals surface area contributed by atoms with Crippen molar-refractivity contribution < 1.29 is 9.28 Å². The molecule has 0 aromatic carbocycles. The van der Waals surface area contributed by atoms with Crippen LogP contribution in [0.2, 0.25) is 0 Å². The quantitative estimate of drug-likeness (QED) is 0.350. The Morgan fingerprint density at radius 3 is 1.68 bits per heavy atom. The van der Waals surface area contributed by atoms with Gasteiger partial charge in [-0.3, -0.25) is 4.79 Å². The molecule has 1 N–H and O–H groups in total. The predicted octanol–water partition coefficient (Wildman–Crippen LogP) is 4.51. The molecule has 3 nitrogen and oxygen atoms in total. The van der Waals surface area contributed by atoms with Crippen molar-refractivity contribution in [2.24, 2.45) is 0 Å². The van der Waals surface area contributed by atoms with Gasteiger partial charge in [0.25, 0.3) is 0 Å². The molecule has 0 spiro atoms. The highest BCUT2D eigenvalue weighted by atomic mass is 16.1. The average Bonchev–Trinajstić information content (AvgIpc) is 2.43. The fourth-order valence-corrected chi connectivity index (χ4v) is 2.57. The van der Waals surface area contributed by atoms with Crippen LogP contribution in [-0.4, -0.2) is 44.6 Å². The summed E-state index contributed by atoms with van der Waals surface area (Å²) in [5.74, 6) is 0.226. The molecule has 0 aromatic heterocycles. The van der Waals surface area contributed by atoms with Gasteiger partial charge in [0.05, 0.1) is 34.2 Å². The van der Waals surface area contributed by atoms with Crippen LogP contribution in [0, 0.1) is 0 Å². The second kappa shape index (κ2) is 14.0. The number of amides is 1. The van der Waals surface area contributed by atoms with Crippen molar-refractivity contribution in [1.82, 2.24) is 5.32 Å². The van der Waals surface area contributed by atoms with E-state index in [9.17, 15) is 4.79 Å². The van der Waals surface area contributed by atoms with Crippen LogP contribution >= 0.6 is 0 Å². The average molecular weight is 314 g/mol. The number of carbonyl (C=O) groups excluding carboxylic acids is 1. The van der Waals surface area contributed by atoms with E-state index in [1.165, 1.54) is 64.2 Å². The number of hydrogen-bond acceptors (Lipinski definition) is 1. The van der Waals surface area contributed by atoms with E-state index < -0.39 is 0 Å². The van der Waals surface area contributed by atoms with Crippen molar-refractivity contribution in [3.05, 3.63) is 0 Å². The maximum Gasteiger partial charge on any atom is 0.220 e. The summed E-state index contributed by atoms with van der Waals surface area (Å²) >= 11 is 0. The smallest absolute Gasteiger partial charge is 0.220 e. The standard InChI is InChI=1S/C19H40N2O/c1-5-6-7-8-9-10-11-12-13-14-15-16-19(22)20-17-18-21(2,3)4/h5-18H2,1-4H3/p+1. The Morgan fingerprint density at radius 2 is 1.23 bits per heavy atom. The van der Waals surface area contributed by atoms with Gasteiger partial charge in [-0.15, -0.1) is 0 Å². The highest BCUT2D eigenvalue weighted by Gasteiger charge is 2.07. The molecular formula is C19H41N2O+. The molecule has 0 heterocycles. The fraction of sp³-hybridized carbons (Fsp3) is 0.947. The first-order chi connectivity index (χ1) is 10.5. The second-order valence-corrected chi connectivity index (χ2v) is 7.65. The molecule has 0 bridgehead atoms. The van der Waals surface area contributed by atoms with Crippen LogP contribution in [0.4, 0.5) is 0 Å². The molecule has 132 valence electrons. The minimum absolute atomic E-state index is 0.226. The summed E-state index contributed by atoms with van der Waals surface area (Å²) < 4.78 is 0.902. The first kappa shape index (κ1) is 21.4. The Hall–Kier alpha value is -0.570. The van der Waals surface area contributed by atoms with Crippen LogP contribution in [-0.2, 0) is 4.79 Å². The van der Waals surface area contributed by atoms with E-state index in [2.05, 4.69) is 33.4 Å². The van der Waals surface area contributed by atoms with Gasteiger partial charge in [0.1, 0.15) is 0 Å². The summed E-state index contributed by atoms with van der Waals surface area (Å²) in [6.45, 7) is 4.05. The van der Waals surface area contributed by atoms with E-state index >= 15 is 0 Å². The predicted molar refractivity (Wildman–Crippen MR) is 97.0 cm³/mol. The summed E-state index contributed by atoms with van der Waals surface area (Å²) in [6.07, 6.45) is 15.4. The van der Waals surface area contributed by atoms with Crippen molar-refractivity contribution in [2.45, 2.75) is 84.0 Å². The number of unbranched alkanes of at least 4 members (excludes halogenated alkanes) is 10. The van der Waals surface area contributed by atoms with Crippen molar-refractivity contribution in [3.63, 3.8) is 0 Å². The maximum absolute atomic E-state index is 11.7. The minimum Gasteiger partial charge on any atom is -0.350 e. The van der Waals surface area contributed by atoms with E-state index in [-0.39, 0.29) is 5.91 Å². The Morgan fingerprint density at radius 1 is 0.773 bits per heavy atom. The van der Waals surface area contributed by atoms with E-state index in [0.717, 1.165) is 24.0 Å². The van der Waals surface area contributed by atoms with Gasteiger partial charge in [0, 0.05) is 6.42 Å². The summed E-state index contributed by atoms with van der Waals surface area (Å²) in [7, 11) is 6.45. The van der Waals surface area contributed by atoms with Crippen LogP contribution in [0.3, 0.4) is 0 Å². The fourth-order valence-electron chi connectivity index (χ4n) is 2.57. The van der Waals surface area contributed by atoms with Gasteiger partial charge in [-0.2, -0.15) is 0 Å². The number of carbonyl (C=O) groups is 1. The lowest BCUT2D eigenvalue weighted by atomic mass is 10.1. The van der Waals surface area contributed by atoms with E-state index in [0.29, 0.717) is 6.42 Å². The maximum atomic E-state index is 11.7. The monoisotopic (exact) mass is 313 g/mol. The molecule has 0 unspecified atom stereocenters. The molecule has 0 aliphatic carbocycles. The molecule has 0 aromatic rings. The number of rotatable bonds is 15. The Labute approximate surface area is 139 Å². The van der Waals surface area contributed by atoms with Gasteiger partial charge in [0.2, 0.25) is 5.91 Å². The van der Waals surface area contributed by atoms with Crippen LogP contribution < -0.4 is 5.32 Å². The Kier molecular flexibility index (Phi) is 13.7. The molecule has 0 saturated heterocycles. The molecular weight excluding hydrogens is 272 g/mol. The number of hydrogen-bond donors (Lipinski definition) is 1. The molecule has 0 fully saturated rings. The molecule has 0 atom stereocenters. The summed E-state index contributed by atoms with van der Waals surface area (Å²) in [4.78, 5) is 11.7. The second-order valence-electron chi connectivity index (χ2n) is 7.65. The molecule has 0 radical (unpaired) electrons. The van der Waals surface area contributed by atoms with Crippen molar-refractivity contribution >= 4 is 5.91 Å². The van der Waals surface area contributed by atoms with E-state index in [1.807, 2.05) is 0 Å². The third-order valence-electron chi connectivity index (χ3n) is 4.11. The topological polar surface area (TPSA) is 29.1 Å². The number of nitrogens with zero attached hydrogens (tertiary/aromatic N) is 1. The molecule has 1 amide bonds. The van der Waals surface area contributed by atoms with Gasteiger partial charge >= 0.3 is 0 Å². The van der Waals surface area contributed by atoms with Gasteiger partial charge in [-0.1, -0.05) is 71.1 Å². The zero-order valence-electron chi connectivity index (χ0n) is 15.8. The van der Waals surface area contributed by atoms with Crippen LogP contribution in [0.15, 0.2) is 0 Å². The van der Waals surface area contributed by atoms with Gasteiger partial charge in [-0.05, 0) is 6.42 Å². The highest BCUT2D eigenvalue weighted by Crippen LogP contribution is 2.11. The number of nitrogens with one attached hydrogen (secondary N) is 1. The summed E-state index contributed by atoms with van der Waals surface area (Å²) in [6, 6.07) is 0. The van der Waals surface area contributed by atoms with Crippen LogP contribution in [0.1, 0.15) is 84.0 Å². The first-order valence-electron chi connectivity index (χ1n) is 9.53. The Balaban J connectivity index is 3.20. The van der Waals surface area contributed by atoms with E-state index in [1.54, 1.807) is 0 Å². The zero-order valence-corrected chi connectivity index (χ0v) is 15.8. The molecule has 3 heteroatoms. The van der Waals surface area contributed by atoms with Gasteiger partial charge < -0.3 is 9.80 Å². The van der Waals surface area contributed by atoms with Gasteiger partial charge in [0.15, 0.2) is 0 Å². The van der Waals surface area contributed by atoms with E-state index in [4.69, 9.17) is 0 Å². The Bertz CT molecular complexity index is 259. The molecule has 0 rings (SSSR count). The largest absolute Gasteiger partial charge is 0.350 e.